The summed E-state index contributed by atoms with van der Waals surface area (Å²) >= 11 is 0. The van der Waals surface area contributed by atoms with Crippen LogP contribution in [0, 0.1) is 6.92 Å². The molecule has 39 heavy (non-hydrogen) atoms. The summed E-state index contributed by atoms with van der Waals surface area (Å²) in [6.07, 6.45) is 0. The van der Waals surface area contributed by atoms with Crippen molar-refractivity contribution in [3.05, 3.63) is 126 Å². The molecule has 0 unspecified atom stereocenters. The number of carbonyl (C=O) groups is 2. The number of benzene rings is 4. The minimum Gasteiger partial charge on any atom is -0.454 e. The van der Waals surface area contributed by atoms with E-state index in [0.29, 0.717) is 33.3 Å². The van der Waals surface area contributed by atoms with Crippen LogP contribution in [0.1, 0.15) is 26.3 Å². The van der Waals surface area contributed by atoms with Gasteiger partial charge in [-0.2, -0.15) is 0 Å². The molecule has 2 aromatic heterocycles. The number of nitrogens with zero attached hydrogens (tertiary/aromatic N) is 2. The third-order valence-electron chi connectivity index (χ3n) is 7.15. The molecule has 0 atom stereocenters. The van der Waals surface area contributed by atoms with Gasteiger partial charge in [-0.05, 0) is 30.2 Å². The second-order valence-corrected chi connectivity index (χ2v) is 9.51. The van der Waals surface area contributed by atoms with Crippen molar-refractivity contribution in [1.82, 2.24) is 9.55 Å². The van der Waals surface area contributed by atoms with E-state index in [1.54, 1.807) is 0 Å². The molecule has 6 rings (SSSR count). The van der Waals surface area contributed by atoms with Crippen molar-refractivity contribution in [2.75, 3.05) is 6.61 Å². The van der Waals surface area contributed by atoms with E-state index in [2.05, 4.69) is 0 Å². The fraction of sp³-hybridized carbons (Fsp3) is 0.0882. The fourth-order valence-electron chi connectivity index (χ4n) is 5.33. The molecule has 190 valence electrons. The average molecular weight is 511 g/mol. The van der Waals surface area contributed by atoms with Crippen LogP contribution in [0.4, 0.5) is 0 Å². The molecule has 0 aliphatic heterocycles. The Morgan fingerprint density at radius 1 is 0.718 bits per heavy atom. The summed E-state index contributed by atoms with van der Waals surface area (Å²) in [5.74, 6) is -0.795. The lowest BCUT2D eigenvalue weighted by atomic mass is 9.98. The summed E-state index contributed by atoms with van der Waals surface area (Å²) in [5.41, 5.74) is 6.68. The molecule has 0 saturated heterocycles. The second-order valence-electron chi connectivity index (χ2n) is 9.51. The lowest BCUT2D eigenvalue weighted by molar-refractivity contribution is 0.0476. The van der Waals surface area contributed by atoms with Crippen LogP contribution in [0.25, 0.3) is 44.3 Å². The highest BCUT2D eigenvalue weighted by molar-refractivity contribution is 6.15. The highest BCUT2D eigenvalue weighted by Gasteiger charge is 2.25. The fourth-order valence-corrected chi connectivity index (χ4v) is 5.33. The van der Waals surface area contributed by atoms with Gasteiger partial charge in [-0.25, -0.2) is 9.78 Å². The molecule has 4 aromatic carbocycles. The van der Waals surface area contributed by atoms with Gasteiger partial charge in [0.15, 0.2) is 6.61 Å². The minimum absolute atomic E-state index is 0.252. The van der Waals surface area contributed by atoms with Crippen molar-refractivity contribution >= 4 is 33.6 Å². The Labute approximate surface area is 226 Å². The van der Waals surface area contributed by atoms with Gasteiger partial charge in [-0.3, -0.25) is 4.79 Å². The minimum atomic E-state index is -0.543. The van der Waals surface area contributed by atoms with Crippen LogP contribution < -0.4 is 0 Å². The van der Waals surface area contributed by atoms with E-state index in [-0.39, 0.29) is 12.4 Å². The van der Waals surface area contributed by atoms with Crippen molar-refractivity contribution in [2.24, 2.45) is 7.05 Å². The number of carbonyl (C=O) groups excluding carboxylic acids is 2. The summed E-state index contributed by atoms with van der Waals surface area (Å²) in [7, 11) is 1.95. The van der Waals surface area contributed by atoms with Gasteiger partial charge in [0.25, 0.3) is 0 Å². The molecule has 2 heterocycles. The first-order chi connectivity index (χ1) is 19.0. The topological polar surface area (TPSA) is 61.2 Å². The van der Waals surface area contributed by atoms with Crippen LogP contribution in [0.3, 0.4) is 0 Å². The van der Waals surface area contributed by atoms with E-state index < -0.39 is 5.97 Å². The first-order valence-electron chi connectivity index (χ1n) is 12.8. The van der Waals surface area contributed by atoms with Gasteiger partial charge in [0.2, 0.25) is 5.78 Å². The molecule has 0 amide bonds. The number of hydrogen-bond donors (Lipinski definition) is 0. The predicted octanol–water partition coefficient (Wildman–Crippen LogP) is 7.41. The van der Waals surface area contributed by atoms with Crippen LogP contribution in [-0.2, 0) is 11.8 Å². The van der Waals surface area contributed by atoms with E-state index in [1.807, 2.05) is 128 Å². The van der Waals surface area contributed by atoms with E-state index in [1.165, 1.54) is 0 Å². The molecule has 0 aliphatic carbocycles. The monoisotopic (exact) mass is 510 g/mol. The van der Waals surface area contributed by atoms with E-state index in [0.717, 1.165) is 27.7 Å². The summed E-state index contributed by atoms with van der Waals surface area (Å²) in [6, 6.07) is 34.9. The van der Waals surface area contributed by atoms with E-state index in [4.69, 9.17) is 9.72 Å². The van der Waals surface area contributed by atoms with Gasteiger partial charge in [-0.15, -0.1) is 0 Å². The first-order valence-corrected chi connectivity index (χ1v) is 12.8. The smallest absolute Gasteiger partial charge is 0.339 e. The molecule has 0 fully saturated rings. The van der Waals surface area contributed by atoms with Crippen LogP contribution >= 0.6 is 0 Å². The van der Waals surface area contributed by atoms with Gasteiger partial charge in [0.05, 0.1) is 28.0 Å². The normalized spacial score (nSPS) is 11.1. The molecule has 0 bridgehead atoms. The number of esters is 1. The lowest BCUT2D eigenvalue weighted by Gasteiger charge is -2.14. The molecule has 0 aliphatic rings. The zero-order valence-corrected chi connectivity index (χ0v) is 21.7. The Bertz CT molecular complexity index is 1850. The Balaban J connectivity index is 1.39. The molecule has 5 heteroatoms. The number of ketones is 1. The Hall–Kier alpha value is -5.03. The molecular weight excluding hydrogens is 484 g/mol. The largest absolute Gasteiger partial charge is 0.454 e. The van der Waals surface area contributed by atoms with E-state index in [9.17, 15) is 9.59 Å². The van der Waals surface area contributed by atoms with Crippen molar-refractivity contribution < 1.29 is 14.3 Å². The second kappa shape index (κ2) is 10.0. The Kier molecular flexibility index (Phi) is 6.25. The van der Waals surface area contributed by atoms with Crippen LogP contribution in [-0.4, -0.2) is 27.9 Å². The summed E-state index contributed by atoms with van der Waals surface area (Å²) < 4.78 is 7.77. The number of aromatic nitrogens is 2. The summed E-state index contributed by atoms with van der Waals surface area (Å²) in [6.45, 7) is 1.50. The number of fused-ring (bicyclic) bond motifs is 2. The predicted molar refractivity (Wildman–Crippen MR) is 155 cm³/mol. The number of aryl methyl sites for hydroxylation is 1. The number of ether oxygens (including phenoxy) is 1. The Morgan fingerprint density at radius 3 is 2.03 bits per heavy atom. The number of rotatable bonds is 6. The zero-order valence-electron chi connectivity index (χ0n) is 21.7. The van der Waals surface area contributed by atoms with Gasteiger partial charge in [0.1, 0.15) is 0 Å². The van der Waals surface area contributed by atoms with Crippen molar-refractivity contribution in [2.45, 2.75) is 6.92 Å². The Morgan fingerprint density at radius 2 is 1.31 bits per heavy atom. The highest BCUT2D eigenvalue weighted by Crippen LogP contribution is 2.34. The molecule has 0 radical (unpaired) electrons. The molecular formula is C34H26N2O3. The highest BCUT2D eigenvalue weighted by atomic mass is 16.5. The van der Waals surface area contributed by atoms with Crippen molar-refractivity contribution in [3.8, 4) is 22.5 Å². The summed E-state index contributed by atoms with van der Waals surface area (Å²) in [5, 5.41) is 1.53. The van der Waals surface area contributed by atoms with Crippen molar-refractivity contribution in [1.29, 1.82) is 0 Å². The third-order valence-corrected chi connectivity index (χ3v) is 7.15. The SMILES string of the molecule is Cc1c(-c2ccccc2)nc2ccccc2c1C(=O)OCC(=O)c1c(-c2ccccc2)n(C)c2ccccc12. The first kappa shape index (κ1) is 24.3. The number of hydrogen-bond acceptors (Lipinski definition) is 4. The quantitative estimate of drug-likeness (QED) is 0.173. The molecule has 0 spiro atoms. The molecule has 0 N–H and O–H groups in total. The van der Waals surface area contributed by atoms with Crippen molar-refractivity contribution in [3.63, 3.8) is 0 Å². The van der Waals surface area contributed by atoms with Gasteiger partial charge >= 0.3 is 5.97 Å². The maximum Gasteiger partial charge on any atom is 0.339 e. The summed E-state index contributed by atoms with van der Waals surface area (Å²) in [4.78, 5) is 32.2. The molecule has 6 aromatic rings. The maximum atomic E-state index is 13.7. The third kappa shape index (κ3) is 4.28. The molecule has 0 saturated carbocycles. The maximum absolute atomic E-state index is 13.7. The van der Waals surface area contributed by atoms with Gasteiger partial charge < -0.3 is 9.30 Å². The van der Waals surface area contributed by atoms with Crippen LogP contribution in [0.15, 0.2) is 109 Å². The standard InChI is InChI=1S/C34H26N2O3/c1-22-30(25-17-9-11-19-27(25)35-32(22)23-13-5-3-6-14-23)34(38)39-21-29(37)31-26-18-10-12-20-28(26)36(2)33(31)24-15-7-4-8-16-24/h3-20H,21H2,1-2H3. The average Bonchev–Trinajstić information content (AvgIpc) is 3.28. The van der Waals surface area contributed by atoms with Crippen LogP contribution in [0.5, 0.6) is 0 Å². The number of Topliss-reactive ketones (excluding diaryl/α,β-unsaturated/α-hetero) is 1. The van der Waals surface area contributed by atoms with E-state index >= 15 is 0 Å². The van der Waals surface area contributed by atoms with Gasteiger partial charge in [0, 0.05) is 28.9 Å². The number of para-hydroxylation sites is 2. The zero-order chi connectivity index (χ0) is 26.9. The lowest BCUT2D eigenvalue weighted by Crippen LogP contribution is -2.17. The number of pyridine rings is 1. The van der Waals surface area contributed by atoms with Crippen LogP contribution in [0.2, 0.25) is 0 Å². The molecule has 5 nitrogen and oxygen atoms in total. The van der Waals surface area contributed by atoms with Gasteiger partial charge in [-0.1, -0.05) is 97.1 Å².